The number of para-hydroxylation sites is 1. The molecule has 0 saturated carbocycles. The lowest BCUT2D eigenvalue weighted by Crippen LogP contribution is -2.36. The van der Waals surface area contributed by atoms with Crippen molar-refractivity contribution in [1.82, 2.24) is 4.90 Å². The highest BCUT2D eigenvalue weighted by molar-refractivity contribution is 8.26. The molecule has 1 fully saturated rings. The molecule has 4 rings (SSSR count). The maximum absolute atomic E-state index is 13.3. The highest BCUT2D eigenvalue weighted by Crippen LogP contribution is 2.41. The number of carbonyl (C=O) groups excluding carboxylic acids is 3. The molecule has 0 spiro atoms. The second kappa shape index (κ2) is 9.85. The number of nitrogens with zero attached hydrogens (tertiary/aromatic N) is 2. The number of carbonyl (C=O) groups is 3. The number of amides is 3. The summed E-state index contributed by atoms with van der Waals surface area (Å²) in [5.74, 6) is -3.46. The summed E-state index contributed by atoms with van der Waals surface area (Å²) in [6, 6.07) is 12.1. The van der Waals surface area contributed by atoms with Gasteiger partial charge in [0.1, 0.15) is 16.7 Å². The zero-order valence-corrected chi connectivity index (χ0v) is 20.3. The number of anilines is 2. The van der Waals surface area contributed by atoms with Crippen molar-refractivity contribution in [2.45, 2.75) is 5.92 Å². The third kappa shape index (κ3) is 5.59. The van der Waals surface area contributed by atoms with Crippen LogP contribution in [0.4, 0.5) is 15.8 Å². The Morgan fingerprint density at radius 2 is 1.83 bits per heavy atom. The number of thiocarbonyl (C=S) groups is 1. The Hall–Kier alpha value is -3.13. The first-order valence-electron chi connectivity index (χ1n) is 10.2. The maximum atomic E-state index is 13.3. The van der Waals surface area contributed by atoms with Crippen molar-refractivity contribution in [3.05, 3.63) is 70.9 Å². The molecule has 2 N–H and O–H groups in total. The Labute approximate surface area is 209 Å². The van der Waals surface area contributed by atoms with Crippen molar-refractivity contribution >= 4 is 67.5 Å². The van der Waals surface area contributed by atoms with Crippen molar-refractivity contribution in [2.24, 2.45) is 0 Å². The smallest absolute Gasteiger partial charge is 0.266 e. The molecule has 1 atom stereocenters. The number of rotatable bonds is 7. The molecule has 2 aliphatic heterocycles. The van der Waals surface area contributed by atoms with Gasteiger partial charge in [0.25, 0.3) is 16.0 Å². The minimum atomic E-state index is -4.29. The van der Waals surface area contributed by atoms with E-state index in [0.717, 1.165) is 16.7 Å². The molecular weight excluding hydrogens is 517 g/mol. The van der Waals surface area contributed by atoms with Gasteiger partial charge in [-0.3, -0.25) is 23.8 Å². The Morgan fingerprint density at radius 3 is 2.51 bits per heavy atom. The molecule has 1 saturated heterocycles. The molecule has 13 heteroatoms. The van der Waals surface area contributed by atoms with Crippen LogP contribution >= 0.6 is 24.0 Å². The van der Waals surface area contributed by atoms with E-state index in [4.69, 9.17) is 16.8 Å². The Balaban J connectivity index is 1.53. The van der Waals surface area contributed by atoms with E-state index in [-0.39, 0.29) is 22.3 Å². The number of nitrogens with one attached hydrogen (secondary N) is 1. The summed E-state index contributed by atoms with van der Waals surface area (Å²) in [5.41, 5.74) is 1.48. The molecule has 1 unspecified atom stereocenters. The molecule has 2 aliphatic rings. The molecule has 2 aromatic rings. The van der Waals surface area contributed by atoms with Crippen molar-refractivity contribution in [3.63, 3.8) is 0 Å². The Kier molecular flexibility index (Phi) is 7.03. The van der Waals surface area contributed by atoms with Crippen molar-refractivity contribution in [1.29, 1.82) is 0 Å². The molecule has 0 radical (unpaired) electrons. The van der Waals surface area contributed by atoms with Gasteiger partial charge in [-0.05, 0) is 42.0 Å². The van der Waals surface area contributed by atoms with Crippen molar-refractivity contribution in [3.8, 4) is 0 Å². The summed E-state index contributed by atoms with van der Waals surface area (Å²) in [6.45, 7) is -0.612. The summed E-state index contributed by atoms with van der Waals surface area (Å²) >= 11 is 6.09. The number of halogens is 1. The lowest BCUT2D eigenvalue weighted by Gasteiger charge is -2.17. The molecule has 0 aliphatic carbocycles. The highest BCUT2D eigenvalue weighted by Gasteiger charge is 2.40. The predicted molar refractivity (Wildman–Crippen MR) is 133 cm³/mol. The third-order valence-corrected chi connectivity index (χ3v) is 7.38. The minimum absolute atomic E-state index is 0.110. The maximum Gasteiger partial charge on any atom is 0.266 e. The predicted octanol–water partition coefficient (Wildman–Crippen LogP) is 2.53. The normalized spacial score (nSPS) is 19.0. The molecule has 2 heterocycles. The molecule has 0 bridgehead atoms. The zero-order chi connectivity index (χ0) is 25.3. The van der Waals surface area contributed by atoms with Crippen LogP contribution in [0.25, 0.3) is 0 Å². The summed E-state index contributed by atoms with van der Waals surface area (Å²) in [6.07, 6.45) is 1.45. The number of fused-ring (bicyclic) bond motifs is 1. The monoisotopic (exact) mass is 535 g/mol. The van der Waals surface area contributed by atoms with Crippen LogP contribution in [0.1, 0.15) is 11.5 Å². The van der Waals surface area contributed by atoms with E-state index in [1.807, 2.05) is 0 Å². The number of benzene rings is 2. The minimum Gasteiger partial charge on any atom is -0.325 e. The van der Waals surface area contributed by atoms with E-state index < -0.39 is 45.3 Å². The largest absolute Gasteiger partial charge is 0.325 e. The van der Waals surface area contributed by atoms with Crippen LogP contribution in [0.5, 0.6) is 0 Å². The average Bonchev–Trinajstić information content (AvgIpc) is 3.21. The summed E-state index contributed by atoms with van der Waals surface area (Å²) in [4.78, 5) is 41.2. The molecule has 35 heavy (non-hydrogen) atoms. The van der Waals surface area contributed by atoms with E-state index in [9.17, 15) is 27.2 Å². The van der Waals surface area contributed by atoms with Gasteiger partial charge in [0.05, 0.1) is 16.6 Å². The van der Waals surface area contributed by atoms with Crippen LogP contribution in [0, 0.1) is 5.82 Å². The van der Waals surface area contributed by atoms with Crippen LogP contribution < -0.4 is 10.2 Å². The quantitative estimate of drug-likeness (QED) is 0.315. The first kappa shape index (κ1) is 25.0. The van der Waals surface area contributed by atoms with Gasteiger partial charge in [-0.15, -0.1) is 0 Å². The molecule has 2 aromatic carbocycles. The lowest BCUT2D eigenvalue weighted by atomic mass is 10.0. The van der Waals surface area contributed by atoms with Crippen LogP contribution in [-0.4, -0.2) is 58.8 Å². The number of hydrogen-bond acceptors (Lipinski definition) is 7. The van der Waals surface area contributed by atoms with Crippen LogP contribution in [0.3, 0.4) is 0 Å². The fourth-order valence-electron chi connectivity index (χ4n) is 3.68. The number of thioether (sulfide) groups is 1. The SMILES string of the molecule is O=C(CN1C(=O)C(/C=C2\SC(=S)N(CCS(=O)(=O)O)C2=O)c2ccccc21)Nc1ccc(F)cc1. The standard InChI is InChI=1S/C22H18FN3O6S3/c23-13-5-7-14(8-6-13)24-19(27)12-26-17-4-2-1-3-15(17)16(20(26)28)11-18-21(29)25(22(33)34-18)9-10-35(30,31)32/h1-8,11,16H,9-10,12H2,(H,24,27)(H,30,31,32)/b18-11-. The molecule has 182 valence electrons. The number of hydrogen-bond donors (Lipinski definition) is 2. The molecular formula is C22H18FN3O6S3. The van der Waals surface area contributed by atoms with Gasteiger partial charge in [-0.25, -0.2) is 4.39 Å². The summed E-state index contributed by atoms with van der Waals surface area (Å²) < 4.78 is 44.3. The Morgan fingerprint density at radius 1 is 1.14 bits per heavy atom. The van der Waals surface area contributed by atoms with E-state index in [2.05, 4.69) is 5.32 Å². The zero-order valence-electron chi connectivity index (χ0n) is 17.9. The van der Waals surface area contributed by atoms with Gasteiger partial charge in [0.15, 0.2) is 0 Å². The van der Waals surface area contributed by atoms with Gasteiger partial charge >= 0.3 is 0 Å². The Bertz CT molecular complexity index is 1360. The van der Waals surface area contributed by atoms with E-state index in [1.54, 1.807) is 24.3 Å². The first-order valence-corrected chi connectivity index (χ1v) is 13.0. The van der Waals surface area contributed by atoms with Crippen molar-refractivity contribution < 1.29 is 31.7 Å². The lowest BCUT2D eigenvalue weighted by molar-refractivity contribution is -0.122. The fraction of sp³-hybridized carbons (Fsp3) is 0.182. The van der Waals surface area contributed by atoms with Gasteiger partial charge in [-0.2, -0.15) is 8.42 Å². The van der Waals surface area contributed by atoms with Crippen LogP contribution in [0.2, 0.25) is 0 Å². The van der Waals surface area contributed by atoms with E-state index >= 15 is 0 Å². The highest BCUT2D eigenvalue weighted by atomic mass is 32.2. The summed E-state index contributed by atoms with van der Waals surface area (Å²) in [5, 5.41) is 2.61. The average molecular weight is 536 g/mol. The van der Waals surface area contributed by atoms with Crippen molar-refractivity contribution in [2.75, 3.05) is 29.1 Å². The van der Waals surface area contributed by atoms with Crippen LogP contribution in [0.15, 0.2) is 59.5 Å². The van der Waals surface area contributed by atoms with E-state index in [1.165, 1.54) is 35.2 Å². The second-order valence-corrected chi connectivity index (χ2v) is 10.9. The van der Waals surface area contributed by atoms with Gasteiger partial charge in [0.2, 0.25) is 11.8 Å². The third-order valence-electron chi connectivity index (χ3n) is 5.29. The van der Waals surface area contributed by atoms with Gasteiger partial charge in [-0.1, -0.05) is 42.2 Å². The second-order valence-electron chi connectivity index (χ2n) is 7.66. The molecule has 9 nitrogen and oxygen atoms in total. The van der Waals surface area contributed by atoms with Crippen LogP contribution in [-0.2, 0) is 24.5 Å². The fourth-order valence-corrected chi connectivity index (χ4v) is 5.41. The topological polar surface area (TPSA) is 124 Å². The van der Waals surface area contributed by atoms with Gasteiger partial charge < -0.3 is 10.2 Å². The molecule has 0 aromatic heterocycles. The van der Waals surface area contributed by atoms with E-state index in [0.29, 0.717) is 16.9 Å². The molecule has 3 amide bonds. The first-order chi connectivity index (χ1) is 16.5. The van der Waals surface area contributed by atoms with Gasteiger partial charge in [0, 0.05) is 17.9 Å². The summed E-state index contributed by atoms with van der Waals surface area (Å²) in [7, 11) is -4.29.